The summed E-state index contributed by atoms with van der Waals surface area (Å²) in [6.07, 6.45) is 9.09. The zero-order valence-corrected chi connectivity index (χ0v) is 17.0. The second kappa shape index (κ2) is 7.17. The minimum atomic E-state index is 0.370. The van der Waals surface area contributed by atoms with Crippen molar-refractivity contribution in [3.05, 3.63) is 0 Å². The van der Waals surface area contributed by atoms with E-state index in [-0.39, 0.29) is 0 Å². The number of ether oxygens (including phenoxy) is 1. The van der Waals surface area contributed by atoms with E-state index in [0.717, 1.165) is 37.4 Å². The molecule has 1 aliphatic carbocycles. The number of thioether (sulfide) groups is 1. The van der Waals surface area contributed by atoms with Gasteiger partial charge in [-0.25, -0.2) is 0 Å². The van der Waals surface area contributed by atoms with Crippen LogP contribution in [0.3, 0.4) is 0 Å². The first-order valence-electron chi connectivity index (χ1n) is 10.7. The van der Waals surface area contributed by atoms with E-state index in [9.17, 15) is 0 Å². The van der Waals surface area contributed by atoms with Crippen LogP contribution in [0.25, 0.3) is 0 Å². The topological polar surface area (TPSA) is 40.1 Å². The van der Waals surface area contributed by atoms with Gasteiger partial charge in [0.15, 0.2) is 5.96 Å². The van der Waals surface area contributed by atoms with Gasteiger partial charge in [-0.3, -0.25) is 9.89 Å². The molecule has 5 aliphatic rings. The molecule has 5 rings (SSSR count). The first kappa shape index (κ1) is 17.6. The molecule has 4 atom stereocenters. The van der Waals surface area contributed by atoms with E-state index >= 15 is 0 Å². The van der Waals surface area contributed by atoms with E-state index in [2.05, 4.69) is 31.9 Å². The third-order valence-electron chi connectivity index (χ3n) is 7.76. The predicted octanol–water partition coefficient (Wildman–Crippen LogP) is 2.03. The van der Waals surface area contributed by atoms with Gasteiger partial charge in [0.1, 0.15) is 0 Å². The summed E-state index contributed by atoms with van der Waals surface area (Å²) in [6.45, 7) is 5.87. The molecule has 0 amide bonds. The Bertz CT molecular complexity index is 526. The van der Waals surface area contributed by atoms with Crippen LogP contribution in [-0.4, -0.2) is 84.8 Å². The van der Waals surface area contributed by atoms with Crippen LogP contribution in [0.1, 0.15) is 38.5 Å². The molecule has 146 valence electrons. The fourth-order valence-electron chi connectivity index (χ4n) is 6.38. The number of hydrogen-bond acceptors (Lipinski definition) is 4. The minimum Gasteiger partial charge on any atom is -0.374 e. The minimum absolute atomic E-state index is 0.370. The fourth-order valence-corrected chi connectivity index (χ4v) is 7.29. The Labute approximate surface area is 162 Å². The fraction of sp³-hybridized carbons (Fsp3) is 0.950. The number of nitrogens with zero attached hydrogens (tertiary/aromatic N) is 3. The highest BCUT2D eigenvalue weighted by Gasteiger charge is 2.53. The molecule has 0 aromatic carbocycles. The Morgan fingerprint density at radius 3 is 2.38 bits per heavy atom. The Morgan fingerprint density at radius 1 is 1.12 bits per heavy atom. The number of fused-ring (bicyclic) bond motifs is 5. The number of likely N-dealkylation sites (tertiary alicyclic amines) is 1. The molecule has 5 fully saturated rings. The van der Waals surface area contributed by atoms with Crippen molar-refractivity contribution in [3.63, 3.8) is 0 Å². The summed E-state index contributed by atoms with van der Waals surface area (Å²) in [5, 5.41) is 3.82. The lowest BCUT2D eigenvalue weighted by atomic mass is 9.82. The normalized spacial score (nSPS) is 39.6. The van der Waals surface area contributed by atoms with Crippen LogP contribution in [0.4, 0.5) is 0 Å². The van der Waals surface area contributed by atoms with Crippen LogP contribution in [0, 0.1) is 11.8 Å². The maximum absolute atomic E-state index is 6.14. The number of guanidine groups is 1. The molecular formula is C20H34N4OS. The zero-order chi connectivity index (χ0) is 17.6. The molecule has 0 spiro atoms. The van der Waals surface area contributed by atoms with Gasteiger partial charge in [-0.1, -0.05) is 12.8 Å². The average molecular weight is 379 g/mol. The molecule has 1 saturated carbocycles. The SMILES string of the molecule is CN=C(NCC1(N2CCSCC2)CCCC1)N1CC2C3CCC(O3)C2C1. The van der Waals surface area contributed by atoms with E-state index in [1.54, 1.807) is 0 Å². The molecule has 0 aromatic heterocycles. The van der Waals surface area contributed by atoms with Gasteiger partial charge in [0.25, 0.3) is 0 Å². The van der Waals surface area contributed by atoms with Gasteiger partial charge in [-0.15, -0.1) is 0 Å². The van der Waals surface area contributed by atoms with Crippen LogP contribution < -0.4 is 5.32 Å². The highest BCUT2D eigenvalue weighted by molar-refractivity contribution is 7.99. The number of hydrogen-bond donors (Lipinski definition) is 1. The van der Waals surface area contributed by atoms with Crippen LogP contribution in [0.5, 0.6) is 0 Å². The van der Waals surface area contributed by atoms with Gasteiger partial charge in [0, 0.05) is 68.7 Å². The Morgan fingerprint density at radius 2 is 1.77 bits per heavy atom. The second-order valence-corrected chi connectivity index (χ2v) is 10.2. The van der Waals surface area contributed by atoms with Crippen LogP contribution >= 0.6 is 11.8 Å². The van der Waals surface area contributed by atoms with Gasteiger partial charge in [0.05, 0.1) is 12.2 Å². The van der Waals surface area contributed by atoms with E-state index in [1.807, 2.05) is 7.05 Å². The molecule has 4 unspecified atom stereocenters. The molecule has 2 bridgehead atoms. The largest absolute Gasteiger partial charge is 0.374 e. The summed E-state index contributed by atoms with van der Waals surface area (Å²) in [4.78, 5) is 9.99. The Hall–Kier alpha value is -0.460. The first-order chi connectivity index (χ1) is 12.8. The van der Waals surface area contributed by atoms with Gasteiger partial charge in [-0.2, -0.15) is 11.8 Å². The maximum atomic E-state index is 6.14. The molecule has 0 radical (unpaired) electrons. The zero-order valence-electron chi connectivity index (χ0n) is 16.2. The van der Waals surface area contributed by atoms with Gasteiger partial charge >= 0.3 is 0 Å². The summed E-state index contributed by atoms with van der Waals surface area (Å²) in [6, 6.07) is 0. The van der Waals surface area contributed by atoms with E-state index in [1.165, 1.54) is 63.1 Å². The third-order valence-corrected chi connectivity index (χ3v) is 8.70. The number of nitrogens with one attached hydrogen (secondary N) is 1. The summed E-state index contributed by atoms with van der Waals surface area (Å²) in [5.41, 5.74) is 0.370. The number of aliphatic imine (C=N–C) groups is 1. The van der Waals surface area contributed by atoms with Crippen molar-refractivity contribution in [3.8, 4) is 0 Å². The lowest BCUT2D eigenvalue weighted by Crippen LogP contribution is -2.58. The van der Waals surface area contributed by atoms with E-state index in [0.29, 0.717) is 17.7 Å². The molecule has 26 heavy (non-hydrogen) atoms. The van der Waals surface area contributed by atoms with Gasteiger partial charge < -0.3 is 15.0 Å². The highest BCUT2D eigenvalue weighted by Crippen LogP contribution is 2.47. The predicted molar refractivity (Wildman–Crippen MR) is 108 cm³/mol. The first-order valence-corrected chi connectivity index (χ1v) is 11.9. The molecule has 4 saturated heterocycles. The van der Waals surface area contributed by atoms with Crippen molar-refractivity contribution in [2.24, 2.45) is 16.8 Å². The number of rotatable bonds is 3. The van der Waals surface area contributed by atoms with Crippen molar-refractivity contribution >= 4 is 17.7 Å². The smallest absolute Gasteiger partial charge is 0.193 e. The van der Waals surface area contributed by atoms with Crippen LogP contribution in [0.15, 0.2) is 4.99 Å². The van der Waals surface area contributed by atoms with Crippen molar-refractivity contribution < 1.29 is 4.74 Å². The van der Waals surface area contributed by atoms with Crippen molar-refractivity contribution in [1.82, 2.24) is 15.1 Å². The molecule has 5 nitrogen and oxygen atoms in total. The highest BCUT2D eigenvalue weighted by atomic mass is 32.2. The monoisotopic (exact) mass is 378 g/mol. The molecule has 4 heterocycles. The molecular weight excluding hydrogens is 344 g/mol. The molecule has 4 aliphatic heterocycles. The van der Waals surface area contributed by atoms with Crippen LogP contribution in [-0.2, 0) is 4.74 Å². The molecule has 0 aromatic rings. The molecule has 1 N–H and O–H groups in total. The molecule has 6 heteroatoms. The summed E-state index contributed by atoms with van der Waals surface area (Å²) < 4.78 is 6.14. The second-order valence-electron chi connectivity index (χ2n) is 8.95. The van der Waals surface area contributed by atoms with Gasteiger partial charge in [-0.05, 0) is 25.7 Å². The lowest BCUT2D eigenvalue weighted by molar-refractivity contribution is 0.0762. The van der Waals surface area contributed by atoms with E-state index in [4.69, 9.17) is 4.74 Å². The standard InChI is InChI=1S/C20H34N4OS/c1-21-19(23-12-15-16(13-23)18-5-4-17(15)25-18)22-14-20(6-2-3-7-20)24-8-10-26-11-9-24/h15-18H,2-14H2,1H3,(H,21,22). The summed E-state index contributed by atoms with van der Waals surface area (Å²) >= 11 is 2.12. The Balaban J connectivity index is 1.23. The third kappa shape index (κ3) is 2.96. The average Bonchev–Trinajstić information content (AvgIpc) is 3.45. The van der Waals surface area contributed by atoms with Crippen LogP contribution in [0.2, 0.25) is 0 Å². The quantitative estimate of drug-likeness (QED) is 0.601. The van der Waals surface area contributed by atoms with Crippen molar-refractivity contribution in [1.29, 1.82) is 0 Å². The van der Waals surface area contributed by atoms with Gasteiger partial charge in [0.2, 0.25) is 0 Å². The summed E-state index contributed by atoms with van der Waals surface area (Å²) in [5.74, 6) is 5.22. The lowest BCUT2D eigenvalue weighted by Gasteiger charge is -2.44. The van der Waals surface area contributed by atoms with Crippen molar-refractivity contribution in [2.45, 2.75) is 56.3 Å². The van der Waals surface area contributed by atoms with Crippen molar-refractivity contribution in [2.75, 3.05) is 51.3 Å². The summed E-state index contributed by atoms with van der Waals surface area (Å²) in [7, 11) is 1.96. The Kier molecular flexibility index (Phi) is 4.86. The maximum Gasteiger partial charge on any atom is 0.193 e. The van der Waals surface area contributed by atoms with E-state index < -0.39 is 0 Å².